The van der Waals surface area contributed by atoms with Crippen molar-refractivity contribution in [2.45, 2.75) is 45.4 Å². The van der Waals surface area contributed by atoms with Gasteiger partial charge in [0.1, 0.15) is 16.8 Å². The largest absolute Gasteiger partial charge is 0.355 e. The summed E-state index contributed by atoms with van der Waals surface area (Å²) in [7, 11) is 0. The van der Waals surface area contributed by atoms with E-state index in [0.29, 0.717) is 16.2 Å². The van der Waals surface area contributed by atoms with Gasteiger partial charge in [-0.3, -0.25) is 14.2 Å². The van der Waals surface area contributed by atoms with Gasteiger partial charge in [-0.2, -0.15) is 0 Å². The van der Waals surface area contributed by atoms with Crippen LogP contribution in [0.1, 0.15) is 38.2 Å². The fourth-order valence-electron chi connectivity index (χ4n) is 2.47. The molecule has 1 N–H and O–H groups in total. The van der Waals surface area contributed by atoms with E-state index < -0.39 is 0 Å². The molecule has 3 rings (SSSR count). The average Bonchev–Trinajstić information content (AvgIpc) is 2.93. The lowest BCUT2D eigenvalue weighted by Gasteiger charge is -2.13. The lowest BCUT2D eigenvalue weighted by molar-refractivity contribution is 0.00196. The second-order valence-electron chi connectivity index (χ2n) is 4.74. The van der Waals surface area contributed by atoms with Crippen LogP contribution in [0, 0.1) is 6.92 Å². The van der Waals surface area contributed by atoms with Crippen LogP contribution in [0.15, 0.2) is 9.59 Å². The normalized spacial score (nSPS) is 23.3. The lowest BCUT2D eigenvalue weighted by atomic mass is 10.2. The predicted octanol–water partition coefficient (Wildman–Crippen LogP) is 1.54. The number of ether oxygens (including phenoxy) is 1. The fraction of sp³-hybridized carbons (Fsp3) is 0.583. The van der Waals surface area contributed by atoms with Crippen molar-refractivity contribution in [2.24, 2.45) is 0 Å². The van der Waals surface area contributed by atoms with Gasteiger partial charge >= 0.3 is 4.87 Å². The molecule has 6 nitrogen and oxygen atoms in total. The quantitative estimate of drug-likeness (QED) is 0.906. The molecule has 1 aliphatic heterocycles. The highest BCUT2D eigenvalue weighted by molar-refractivity contribution is 7.16. The number of nitrogens with one attached hydrogen (secondary N) is 1. The number of nitrogens with zero attached hydrogens (tertiary/aromatic N) is 2. The summed E-state index contributed by atoms with van der Waals surface area (Å²) >= 11 is 0.931. The molecule has 0 bridgehead atoms. The monoisotopic (exact) mass is 281 g/mol. The van der Waals surface area contributed by atoms with E-state index >= 15 is 0 Å². The Hall–Kier alpha value is -1.47. The highest BCUT2D eigenvalue weighted by atomic mass is 32.1. The van der Waals surface area contributed by atoms with Crippen molar-refractivity contribution < 1.29 is 4.74 Å². The van der Waals surface area contributed by atoms with Crippen molar-refractivity contribution in [3.05, 3.63) is 25.8 Å². The second kappa shape index (κ2) is 4.57. The molecule has 7 heteroatoms. The van der Waals surface area contributed by atoms with Gasteiger partial charge in [-0.25, -0.2) is 4.98 Å². The van der Waals surface area contributed by atoms with E-state index in [2.05, 4.69) is 16.9 Å². The Morgan fingerprint density at radius 1 is 1.47 bits per heavy atom. The molecule has 0 radical (unpaired) electrons. The Bertz CT molecular complexity index is 730. The molecular weight excluding hydrogens is 266 g/mol. The Morgan fingerprint density at radius 3 is 2.95 bits per heavy atom. The summed E-state index contributed by atoms with van der Waals surface area (Å²) in [5.41, 5.74) is 0.186. The van der Waals surface area contributed by atoms with E-state index in [1.807, 2.05) is 0 Å². The third kappa shape index (κ3) is 2.02. The standard InChI is InChI=1S/C12H15N3O3S/c1-3-7-4-5-8(18-7)15-10-9(19-12(15)17)11(16)14-6(2)13-10/h7-8H,3-5H2,1-2H3,(H,13,14,16)/t7-,8?/m1/s1. The van der Waals surface area contributed by atoms with Crippen LogP contribution in [0.25, 0.3) is 10.3 Å². The number of H-pyrrole nitrogens is 1. The maximum Gasteiger partial charge on any atom is 0.311 e. The van der Waals surface area contributed by atoms with Crippen molar-refractivity contribution in [3.63, 3.8) is 0 Å². The first kappa shape index (κ1) is 12.6. The summed E-state index contributed by atoms with van der Waals surface area (Å²) in [5, 5.41) is 0. The van der Waals surface area contributed by atoms with Gasteiger partial charge in [-0.05, 0) is 26.2 Å². The van der Waals surface area contributed by atoms with Crippen molar-refractivity contribution in [2.75, 3.05) is 0 Å². The van der Waals surface area contributed by atoms with E-state index in [9.17, 15) is 9.59 Å². The molecule has 1 fully saturated rings. The van der Waals surface area contributed by atoms with Crippen LogP contribution in [0.3, 0.4) is 0 Å². The molecule has 3 heterocycles. The summed E-state index contributed by atoms with van der Waals surface area (Å²) < 4.78 is 7.74. The maximum atomic E-state index is 12.1. The van der Waals surface area contributed by atoms with Crippen LogP contribution in [-0.2, 0) is 4.74 Å². The summed E-state index contributed by atoms with van der Waals surface area (Å²) in [5.74, 6) is 0.508. The number of aryl methyl sites for hydroxylation is 1. The Balaban J connectivity index is 2.16. The number of hydrogen-bond acceptors (Lipinski definition) is 5. The first-order chi connectivity index (χ1) is 9.10. The SMILES string of the molecule is CC[C@@H]1CCC(n2c(=O)sc3c(=O)[nH]c(C)nc32)O1. The number of aromatic nitrogens is 3. The van der Waals surface area contributed by atoms with Gasteiger partial charge < -0.3 is 9.72 Å². The maximum absolute atomic E-state index is 12.1. The summed E-state index contributed by atoms with van der Waals surface area (Å²) in [6.45, 7) is 3.77. The number of aromatic amines is 1. The van der Waals surface area contributed by atoms with Crippen molar-refractivity contribution in [1.82, 2.24) is 14.5 Å². The van der Waals surface area contributed by atoms with Crippen molar-refractivity contribution >= 4 is 21.7 Å². The van der Waals surface area contributed by atoms with Crippen LogP contribution in [0.4, 0.5) is 0 Å². The molecule has 0 saturated carbocycles. The predicted molar refractivity (Wildman–Crippen MR) is 72.7 cm³/mol. The molecule has 2 atom stereocenters. The van der Waals surface area contributed by atoms with Crippen LogP contribution >= 0.6 is 11.3 Å². The highest BCUT2D eigenvalue weighted by Gasteiger charge is 2.29. The first-order valence-corrected chi connectivity index (χ1v) is 7.19. The van der Waals surface area contributed by atoms with Gasteiger partial charge in [-0.1, -0.05) is 18.3 Å². The van der Waals surface area contributed by atoms with E-state index in [-0.39, 0.29) is 22.8 Å². The molecule has 1 unspecified atom stereocenters. The zero-order valence-corrected chi connectivity index (χ0v) is 11.6. The smallest absolute Gasteiger partial charge is 0.311 e. The van der Waals surface area contributed by atoms with Crippen LogP contribution < -0.4 is 10.4 Å². The molecular formula is C12H15N3O3S. The van der Waals surface area contributed by atoms with Gasteiger partial charge in [0, 0.05) is 0 Å². The van der Waals surface area contributed by atoms with Gasteiger partial charge in [0.15, 0.2) is 5.65 Å². The summed E-state index contributed by atoms with van der Waals surface area (Å²) in [4.78, 5) is 30.6. The van der Waals surface area contributed by atoms with Crippen LogP contribution in [-0.4, -0.2) is 20.6 Å². The Labute approximate surface area is 113 Å². The summed E-state index contributed by atoms with van der Waals surface area (Å²) in [6, 6.07) is 0. The molecule has 0 aliphatic carbocycles. The second-order valence-corrected chi connectivity index (χ2v) is 5.70. The summed E-state index contributed by atoms with van der Waals surface area (Å²) in [6.07, 6.45) is 2.56. The number of hydrogen-bond donors (Lipinski definition) is 1. The van der Waals surface area contributed by atoms with E-state index in [1.165, 1.54) is 4.57 Å². The molecule has 2 aromatic rings. The molecule has 2 aromatic heterocycles. The first-order valence-electron chi connectivity index (χ1n) is 6.37. The number of fused-ring (bicyclic) bond motifs is 1. The third-order valence-electron chi connectivity index (χ3n) is 3.42. The molecule has 1 aliphatic rings. The average molecular weight is 281 g/mol. The van der Waals surface area contributed by atoms with Gasteiger partial charge in [0.05, 0.1) is 6.10 Å². The fourth-order valence-corrected chi connectivity index (χ4v) is 3.33. The van der Waals surface area contributed by atoms with E-state index in [1.54, 1.807) is 6.92 Å². The van der Waals surface area contributed by atoms with Crippen LogP contribution in [0.5, 0.6) is 0 Å². The Kier molecular flexibility index (Phi) is 3.02. The van der Waals surface area contributed by atoms with Crippen molar-refractivity contribution in [1.29, 1.82) is 0 Å². The molecule has 0 amide bonds. The zero-order chi connectivity index (χ0) is 13.6. The molecule has 102 valence electrons. The van der Waals surface area contributed by atoms with E-state index in [4.69, 9.17) is 4.74 Å². The van der Waals surface area contributed by atoms with Gasteiger partial charge in [0.2, 0.25) is 0 Å². The molecule has 0 spiro atoms. The van der Waals surface area contributed by atoms with E-state index in [0.717, 1.165) is 30.6 Å². The number of rotatable bonds is 2. The third-order valence-corrected chi connectivity index (χ3v) is 4.36. The van der Waals surface area contributed by atoms with Gasteiger partial charge in [0.25, 0.3) is 5.56 Å². The topological polar surface area (TPSA) is 77.0 Å². The minimum atomic E-state index is -0.292. The zero-order valence-electron chi connectivity index (χ0n) is 10.8. The lowest BCUT2D eigenvalue weighted by Crippen LogP contribution is -2.21. The number of thiazole rings is 1. The minimum Gasteiger partial charge on any atom is -0.355 e. The molecule has 1 saturated heterocycles. The van der Waals surface area contributed by atoms with Crippen LogP contribution in [0.2, 0.25) is 0 Å². The van der Waals surface area contributed by atoms with Crippen molar-refractivity contribution in [3.8, 4) is 0 Å². The highest BCUT2D eigenvalue weighted by Crippen LogP contribution is 2.30. The van der Waals surface area contributed by atoms with Gasteiger partial charge in [-0.15, -0.1) is 0 Å². The molecule has 19 heavy (non-hydrogen) atoms. The Morgan fingerprint density at radius 2 is 2.26 bits per heavy atom. The minimum absolute atomic E-state index is 0.180. The molecule has 0 aromatic carbocycles.